The molecule has 174 valence electrons. The Morgan fingerprint density at radius 3 is 2.42 bits per heavy atom. The molecule has 2 fully saturated rings. The number of aromatic carboxylic acids is 1. The van der Waals surface area contributed by atoms with Crippen molar-refractivity contribution in [2.45, 2.75) is 62.5 Å². The maximum absolute atomic E-state index is 12.5. The van der Waals surface area contributed by atoms with Gasteiger partial charge in [-0.25, -0.2) is 4.79 Å². The van der Waals surface area contributed by atoms with Crippen molar-refractivity contribution in [3.8, 4) is 0 Å². The van der Waals surface area contributed by atoms with Crippen molar-refractivity contribution in [1.82, 2.24) is 4.90 Å². The monoisotopic (exact) mass is 467 g/mol. The summed E-state index contributed by atoms with van der Waals surface area (Å²) in [5, 5.41) is 21.0. The van der Waals surface area contributed by atoms with Gasteiger partial charge in [-0.3, -0.25) is 4.79 Å². The number of benzene rings is 2. The van der Waals surface area contributed by atoms with Crippen molar-refractivity contribution in [2.75, 3.05) is 6.54 Å². The van der Waals surface area contributed by atoms with E-state index in [9.17, 15) is 14.7 Å². The van der Waals surface area contributed by atoms with E-state index in [0.29, 0.717) is 24.4 Å². The molecule has 1 aliphatic carbocycles. The maximum atomic E-state index is 12.5. The van der Waals surface area contributed by atoms with E-state index in [1.807, 2.05) is 41.3 Å². The molecular formula is C27H30ClNO4. The molecule has 1 aliphatic heterocycles. The fraction of sp³-hybridized carbons (Fsp3) is 0.407. The molecule has 6 heteroatoms. The van der Waals surface area contributed by atoms with E-state index in [1.54, 1.807) is 24.3 Å². The molecule has 0 aromatic heterocycles. The topological polar surface area (TPSA) is 77.8 Å². The second-order valence-electron chi connectivity index (χ2n) is 9.15. The minimum atomic E-state index is -0.946. The standard InChI is InChI=1S/C27H30ClNO4/c28-22-9-7-21(8-10-22)27(16-1-2-17-27)24(30)13-11-23-12-14-25(31)29(23)18-15-19-3-5-20(6-4-19)26(32)33/h3-11,13,23-24,30H,1-2,12,14-18H2,(H,32,33)/b13-11+/t23-,24-/m0/s1. The first-order valence-corrected chi connectivity index (χ1v) is 12.0. The first-order chi connectivity index (χ1) is 15.9. The molecule has 1 amide bonds. The number of halogens is 1. The van der Waals surface area contributed by atoms with Crippen LogP contribution in [0.3, 0.4) is 0 Å². The Morgan fingerprint density at radius 2 is 1.79 bits per heavy atom. The number of carbonyl (C=O) groups excluding carboxylic acids is 1. The lowest BCUT2D eigenvalue weighted by molar-refractivity contribution is -0.128. The number of aliphatic hydroxyl groups excluding tert-OH is 1. The number of aliphatic hydroxyl groups is 1. The van der Waals surface area contributed by atoms with Crippen molar-refractivity contribution in [3.05, 3.63) is 82.4 Å². The summed E-state index contributed by atoms with van der Waals surface area (Å²) in [5.41, 5.74) is 2.06. The zero-order chi connectivity index (χ0) is 23.4. The minimum absolute atomic E-state index is 0.0332. The molecule has 4 rings (SSSR count). The normalized spacial score (nSPS) is 21.1. The maximum Gasteiger partial charge on any atom is 0.335 e. The van der Waals surface area contributed by atoms with E-state index in [4.69, 9.17) is 16.7 Å². The van der Waals surface area contributed by atoms with Gasteiger partial charge in [0.05, 0.1) is 17.7 Å². The highest BCUT2D eigenvalue weighted by atomic mass is 35.5. The quantitative estimate of drug-likeness (QED) is 0.535. The molecule has 2 aromatic rings. The fourth-order valence-electron chi connectivity index (χ4n) is 5.27. The number of hydrogen-bond acceptors (Lipinski definition) is 3. The molecule has 5 nitrogen and oxygen atoms in total. The molecule has 0 unspecified atom stereocenters. The summed E-state index contributed by atoms with van der Waals surface area (Å²) in [6.45, 7) is 0.568. The van der Waals surface area contributed by atoms with Gasteiger partial charge in [0.15, 0.2) is 0 Å². The average molecular weight is 468 g/mol. The van der Waals surface area contributed by atoms with Gasteiger partial charge in [-0.15, -0.1) is 0 Å². The van der Waals surface area contributed by atoms with Crippen molar-refractivity contribution < 1.29 is 19.8 Å². The van der Waals surface area contributed by atoms with Crippen LogP contribution in [0.15, 0.2) is 60.7 Å². The van der Waals surface area contributed by atoms with E-state index in [-0.39, 0.29) is 22.9 Å². The first-order valence-electron chi connectivity index (χ1n) is 11.6. The van der Waals surface area contributed by atoms with Gasteiger partial charge in [0, 0.05) is 23.4 Å². The Labute approximate surface area is 199 Å². The third-order valence-electron chi connectivity index (χ3n) is 7.21. The molecular weight excluding hydrogens is 438 g/mol. The Balaban J connectivity index is 1.43. The van der Waals surface area contributed by atoms with Crippen molar-refractivity contribution in [3.63, 3.8) is 0 Å². The molecule has 2 aliphatic rings. The third-order valence-corrected chi connectivity index (χ3v) is 7.47. The number of carbonyl (C=O) groups is 2. The lowest BCUT2D eigenvalue weighted by Gasteiger charge is -2.34. The summed E-state index contributed by atoms with van der Waals surface area (Å²) in [6, 6.07) is 14.6. The highest BCUT2D eigenvalue weighted by Gasteiger charge is 2.41. The summed E-state index contributed by atoms with van der Waals surface area (Å²) in [7, 11) is 0. The Bertz CT molecular complexity index is 1010. The van der Waals surface area contributed by atoms with E-state index in [2.05, 4.69) is 0 Å². The molecule has 1 saturated carbocycles. The highest BCUT2D eigenvalue weighted by Crippen LogP contribution is 2.44. The average Bonchev–Trinajstić information content (AvgIpc) is 3.44. The van der Waals surface area contributed by atoms with Gasteiger partial charge in [-0.1, -0.05) is 60.9 Å². The smallest absolute Gasteiger partial charge is 0.335 e. The lowest BCUT2D eigenvalue weighted by atomic mass is 9.74. The highest BCUT2D eigenvalue weighted by molar-refractivity contribution is 6.30. The van der Waals surface area contributed by atoms with Crippen molar-refractivity contribution >= 4 is 23.5 Å². The Kier molecular flexibility index (Phi) is 7.20. The van der Waals surface area contributed by atoms with Gasteiger partial charge in [-0.2, -0.15) is 0 Å². The van der Waals surface area contributed by atoms with Crippen LogP contribution in [0, 0.1) is 0 Å². The number of likely N-dealkylation sites (tertiary alicyclic amines) is 1. The lowest BCUT2D eigenvalue weighted by Crippen LogP contribution is -2.37. The van der Waals surface area contributed by atoms with Crippen LogP contribution >= 0.6 is 11.6 Å². The van der Waals surface area contributed by atoms with Crippen LogP contribution < -0.4 is 0 Å². The molecule has 0 spiro atoms. The summed E-state index contributed by atoms with van der Waals surface area (Å²) in [5.74, 6) is -0.826. The van der Waals surface area contributed by atoms with Crippen molar-refractivity contribution in [1.29, 1.82) is 0 Å². The fourth-order valence-corrected chi connectivity index (χ4v) is 5.40. The zero-order valence-electron chi connectivity index (χ0n) is 18.6. The van der Waals surface area contributed by atoms with Crippen LogP contribution in [-0.2, 0) is 16.6 Å². The van der Waals surface area contributed by atoms with Crippen LogP contribution in [0.4, 0.5) is 0 Å². The van der Waals surface area contributed by atoms with Crippen LogP contribution in [0.1, 0.15) is 60.0 Å². The van der Waals surface area contributed by atoms with Gasteiger partial charge >= 0.3 is 5.97 Å². The molecule has 2 aromatic carbocycles. The van der Waals surface area contributed by atoms with Crippen LogP contribution in [0.5, 0.6) is 0 Å². The summed E-state index contributed by atoms with van der Waals surface area (Å²) < 4.78 is 0. The van der Waals surface area contributed by atoms with Gasteiger partial charge in [0.1, 0.15) is 0 Å². The molecule has 0 radical (unpaired) electrons. The molecule has 1 heterocycles. The van der Waals surface area contributed by atoms with Crippen LogP contribution in [0.2, 0.25) is 5.02 Å². The van der Waals surface area contributed by atoms with Crippen LogP contribution in [-0.4, -0.2) is 45.7 Å². The first kappa shape index (κ1) is 23.5. The number of rotatable bonds is 8. The van der Waals surface area contributed by atoms with Gasteiger partial charge in [0.25, 0.3) is 0 Å². The molecule has 1 saturated heterocycles. The summed E-state index contributed by atoms with van der Waals surface area (Å²) in [6.07, 6.45) is 9.20. The van der Waals surface area contributed by atoms with Gasteiger partial charge < -0.3 is 15.1 Å². The number of carboxylic acid groups (broad SMARTS) is 1. The second-order valence-corrected chi connectivity index (χ2v) is 9.58. The van der Waals surface area contributed by atoms with E-state index < -0.39 is 12.1 Å². The molecule has 2 atom stereocenters. The van der Waals surface area contributed by atoms with E-state index >= 15 is 0 Å². The minimum Gasteiger partial charge on any atom is -0.478 e. The molecule has 33 heavy (non-hydrogen) atoms. The molecule has 2 N–H and O–H groups in total. The number of amides is 1. The Hall–Kier alpha value is -2.63. The third kappa shape index (κ3) is 5.15. The van der Waals surface area contributed by atoms with E-state index in [0.717, 1.165) is 43.2 Å². The SMILES string of the molecule is O=C(O)c1ccc(CCN2C(=O)CC[C@@H]2/C=C/[C@H](O)C2(c3ccc(Cl)cc3)CCCC2)cc1. The molecule has 0 bridgehead atoms. The number of nitrogens with zero attached hydrogens (tertiary/aromatic N) is 1. The predicted octanol–water partition coefficient (Wildman–Crippen LogP) is 5.00. The number of hydrogen-bond donors (Lipinski definition) is 2. The van der Waals surface area contributed by atoms with Gasteiger partial charge in [-0.05, 0) is 61.1 Å². The van der Waals surface area contributed by atoms with E-state index in [1.165, 1.54) is 0 Å². The second kappa shape index (κ2) is 10.1. The number of carboxylic acids is 1. The van der Waals surface area contributed by atoms with Crippen LogP contribution in [0.25, 0.3) is 0 Å². The Morgan fingerprint density at radius 1 is 1.12 bits per heavy atom. The zero-order valence-corrected chi connectivity index (χ0v) is 19.4. The van der Waals surface area contributed by atoms with Crippen molar-refractivity contribution in [2.24, 2.45) is 0 Å². The van der Waals surface area contributed by atoms with Gasteiger partial charge in [0.2, 0.25) is 5.91 Å². The largest absolute Gasteiger partial charge is 0.478 e. The summed E-state index contributed by atoms with van der Waals surface area (Å²) >= 11 is 6.08. The summed E-state index contributed by atoms with van der Waals surface area (Å²) in [4.78, 5) is 25.4. The predicted molar refractivity (Wildman–Crippen MR) is 129 cm³/mol.